The molecule has 0 saturated carbocycles. The number of carbonyl (C=O) groups excluding carboxylic acids is 2. The minimum absolute atomic E-state index is 0.165. The van der Waals surface area contributed by atoms with Gasteiger partial charge in [-0.15, -0.1) is 0 Å². The molecule has 152 valence electrons. The first-order valence-electron chi connectivity index (χ1n) is 9.70. The van der Waals surface area contributed by atoms with E-state index in [4.69, 9.17) is 4.74 Å². The van der Waals surface area contributed by atoms with Crippen LogP contribution >= 0.6 is 0 Å². The number of nitrogens with one attached hydrogen (secondary N) is 2. The molecule has 29 heavy (non-hydrogen) atoms. The first kappa shape index (κ1) is 20.6. The number of nitrogens with zero attached hydrogens (tertiary/aromatic N) is 1. The van der Waals surface area contributed by atoms with E-state index in [1.165, 1.54) is 12.7 Å². The van der Waals surface area contributed by atoms with Crippen LogP contribution in [0.25, 0.3) is 5.57 Å². The minimum atomic E-state index is -0.427. The average molecular weight is 393 g/mol. The lowest BCUT2D eigenvalue weighted by Gasteiger charge is -2.15. The Morgan fingerprint density at radius 3 is 2.48 bits per heavy atom. The molecule has 0 fully saturated rings. The van der Waals surface area contributed by atoms with Gasteiger partial charge < -0.3 is 20.3 Å². The number of fused-ring (bicyclic) bond motifs is 1. The van der Waals surface area contributed by atoms with Crippen LogP contribution in [0.2, 0.25) is 0 Å². The Balaban J connectivity index is 1.93. The van der Waals surface area contributed by atoms with Crippen molar-refractivity contribution in [1.29, 1.82) is 0 Å². The average Bonchev–Trinajstić information content (AvgIpc) is 3.02. The molecule has 0 spiro atoms. The normalized spacial score (nSPS) is 14.4. The number of allylic oxidation sites excluding steroid dienone is 1. The van der Waals surface area contributed by atoms with Crippen LogP contribution in [0.5, 0.6) is 0 Å². The zero-order chi connectivity index (χ0) is 21.0. The number of hydrogen-bond acceptors (Lipinski definition) is 5. The van der Waals surface area contributed by atoms with Crippen LogP contribution in [0.3, 0.4) is 0 Å². The third kappa shape index (κ3) is 4.66. The Bertz CT molecular complexity index is 946. The zero-order valence-electron chi connectivity index (χ0n) is 17.3. The third-order valence-corrected chi connectivity index (χ3v) is 4.74. The van der Waals surface area contributed by atoms with Crippen molar-refractivity contribution in [3.05, 3.63) is 64.9 Å². The van der Waals surface area contributed by atoms with E-state index in [-0.39, 0.29) is 5.91 Å². The van der Waals surface area contributed by atoms with Crippen LogP contribution in [-0.4, -0.2) is 38.0 Å². The van der Waals surface area contributed by atoms with E-state index < -0.39 is 5.97 Å². The first-order valence-corrected chi connectivity index (χ1v) is 9.70. The Labute approximate surface area is 171 Å². The van der Waals surface area contributed by atoms with Crippen molar-refractivity contribution in [3.8, 4) is 0 Å². The number of anilines is 2. The summed E-state index contributed by atoms with van der Waals surface area (Å²) in [6, 6.07) is 13.4. The van der Waals surface area contributed by atoms with E-state index in [2.05, 4.69) is 34.6 Å². The monoisotopic (exact) mass is 393 g/mol. The van der Waals surface area contributed by atoms with Crippen molar-refractivity contribution in [1.82, 2.24) is 4.90 Å². The second kappa shape index (κ2) is 8.92. The molecule has 0 bridgehead atoms. The fourth-order valence-electron chi connectivity index (χ4n) is 3.45. The van der Waals surface area contributed by atoms with Gasteiger partial charge in [-0.2, -0.15) is 0 Å². The Morgan fingerprint density at radius 1 is 1.14 bits per heavy atom. The fourth-order valence-corrected chi connectivity index (χ4v) is 3.45. The Hall–Kier alpha value is -3.12. The summed E-state index contributed by atoms with van der Waals surface area (Å²) in [5.74, 6) is -0.591. The number of benzene rings is 2. The molecule has 0 aromatic heterocycles. The van der Waals surface area contributed by atoms with Gasteiger partial charge in [0.05, 0.1) is 23.9 Å². The highest BCUT2D eigenvalue weighted by molar-refractivity contribution is 6.32. The zero-order valence-corrected chi connectivity index (χ0v) is 17.3. The summed E-state index contributed by atoms with van der Waals surface area (Å²) in [6.45, 7) is 2.96. The number of methoxy groups -OCH3 is 1. The van der Waals surface area contributed by atoms with Crippen molar-refractivity contribution in [2.75, 3.05) is 31.8 Å². The second-order valence-electron chi connectivity index (χ2n) is 7.37. The maximum atomic E-state index is 12.7. The minimum Gasteiger partial charge on any atom is -0.465 e. The summed E-state index contributed by atoms with van der Waals surface area (Å²) in [5.41, 5.74) is 5.49. The van der Waals surface area contributed by atoms with Gasteiger partial charge in [0, 0.05) is 23.5 Å². The lowest BCUT2D eigenvalue weighted by Crippen LogP contribution is -2.11. The molecule has 6 heteroatoms. The summed E-state index contributed by atoms with van der Waals surface area (Å²) >= 11 is 0. The predicted molar refractivity (Wildman–Crippen MR) is 116 cm³/mol. The van der Waals surface area contributed by atoms with Gasteiger partial charge in [-0.1, -0.05) is 31.5 Å². The predicted octanol–water partition coefficient (Wildman–Crippen LogP) is 4.11. The van der Waals surface area contributed by atoms with E-state index in [1.807, 2.05) is 26.2 Å². The molecule has 2 aromatic rings. The molecule has 1 aliphatic rings. The molecule has 6 nitrogen and oxygen atoms in total. The van der Waals surface area contributed by atoms with Crippen LogP contribution in [0.1, 0.15) is 41.3 Å². The maximum absolute atomic E-state index is 12.7. The third-order valence-electron chi connectivity index (χ3n) is 4.74. The van der Waals surface area contributed by atoms with Crippen molar-refractivity contribution in [2.45, 2.75) is 26.3 Å². The van der Waals surface area contributed by atoms with Gasteiger partial charge in [-0.05, 0) is 50.3 Å². The largest absolute Gasteiger partial charge is 0.465 e. The number of hydrogen-bond donors (Lipinski definition) is 2. The second-order valence-corrected chi connectivity index (χ2v) is 7.37. The van der Waals surface area contributed by atoms with Crippen molar-refractivity contribution in [3.63, 3.8) is 0 Å². The van der Waals surface area contributed by atoms with Crippen LogP contribution in [-0.2, 0) is 16.1 Å². The summed E-state index contributed by atoms with van der Waals surface area (Å²) < 4.78 is 4.77. The van der Waals surface area contributed by atoms with E-state index in [1.54, 1.807) is 18.2 Å². The summed E-state index contributed by atoms with van der Waals surface area (Å²) in [4.78, 5) is 26.6. The molecule has 1 heterocycles. The van der Waals surface area contributed by atoms with Gasteiger partial charge in [-0.25, -0.2) is 4.79 Å². The highest BCUT2D eigenvalue weighted by Gasteiger charge is 2.28. The van der Waals surface area contributed by atoms with Crippen molar-refractivity contribution >= 4 is 28.8 Å². The lowest BCUT2D eigenvalue weighted by molar-refractivity contribution is -0.110. The SMILES string of the molecule is CCC/C(Nc1ccc(CN(C)C)cc1)=C1/C(=O)Nc2cc(C(=O)OC)ccc21. The van der Waals surface area contributed by atoms with Crippen molar-refractivity contribution in [2.24, 2.45) is 0 Å². The van der Waals surface area contributed by atoms with Gasteiger partial charge in [-0.3, -0.25) is 4.79 Å². The van der Waals surface area contributed by atoms with Gasteiger partial charge in [0.15, 0.2) is 0 Å². The van der Waals surface area contributed by atoms with Crippen molar-refractivity contribution < 1.29 is 14.3 Å². The number of carbonyl (C=O) groups is 2. The molecule has 2 N–H and O–H groups in total. The number of ether oxygens (including phenoxy) is 1. The first-order chi connectivity index (χ1) is 13.9. The van der Waals surface area contributed by atoms with Gasteiger partial charge in [0.1, 0.15) is 0 Å². The van der Waals surface area contributed by atoms with Gasteiger partial charge in [0.25, 0.3) is 5.91 Å². The molecule has 1 aliphatic heterocycles. The van der Waals surface area contributed by atoms with Gasteiger partial charge in [0.2, 0.25) is 0 Å². The van der Waals surface area contributed by atoms with E-state index >= 15 is 0 Å². The van der Waals surface area contributed by atoms with E-state index in [0.29, 0.717) is 16.8 Å². The molecule has 1 amide bonds. The maximum Gasteiger partial charge on any atom is 0.337 e. The number of rotatable bonds is 7. The molecule has 3 rings (SSSR count). The topological polar surface area (TPSA) is 70.7 Å². The molecule has 0 saturated heterocycles. The van der Waals surface area contributed by atoms with E-state index in [0.717, 1.165) is 36.3 Å². The van der Waals surface area contributed by atoms with Crippen LogP contribution in [0.4, 0.5) is 11.4 Å². The highest BCUT2D eigenvalue weighted by Crippen LogP contribution is 2.36. The highest BCUT2D eigenvalue weighted by atomic mass is 16.5. The molecule has 0 radical (unpaired) electrons. The molecule has 0 unspecified atom stereocenters. The molecule has 2 aromatic carbocycles. The summed E-state index contributed by atoms with van der Waals surface area (Å²) in [7, 11) is 5.42. The smallest absolute Gasteiger partial charge is 0.337 e. The Morgan fingerprint density at radius 2 is 1.86 bits per heavy atom. The molecule has 0 atom stereocenters. The molecular weight excluding hydrogens is 366 g/mol. The number of amides is 1. The van der Waals surface area contributed by atoms with Gasteiger partial charge >= 0.3 is 5.97 Å². The molecular formula is C23H27N3O3. The van der Waals surface area contributed by atoms with E-state index in [9.17, 15) is 9.59 Å². The number of esters is 1. The lowest BCUT2D eigenvalue weighted by atomic mass is 10.0. The van der Waals surface area contributed by atoms with Crippen LogP contribution < -0.4 is 10.6 Å². The van der Waals surface area contributed by atoms with Crippen LogP contribution in [0, 0.1) is 0 Å². The Kier molecular flexibility index (Phi) is 6.34. The fraction of sp³-hybridized carbons (Fsp3) is 0.304. The molecule has 0 aliphatic carbocycles. The summed E-state index contributed by atoms with van der Waals surface area (Å²) in [6.07, 6.45) is 1.63. The quantitative estimate of drug-likeness (QED) is 0.547. The van der Waals surface area contributed by atoms with Crippen LogP contribution in [0.15, 0.2) is 48.2 Å². The standard InChI is InChI=1S/C23H27N3O3/c1-5-6-19(24-17-10-7-15(8-11-17)14-26(2)3)21-18-12-9-16(23(28)29-4)13-20(18)25-22(21)27/h7-13,24H,5-6,14H2,1-4H3,(H,25,27)/b21-19-. The summed E-state index contributed by atoms with van der Waals surface area (Å²) in [5, 5.41) is 6.31.